The van der Waals surface area contributed by atoms with Gasteiger partial charge in [-0.05, 0) is 6.42 Å². The Balaban J connectivity index is 2.36. The number of methoxy groups -OCH3 is 1. The molecule has 3 N–H and O–H groups in total. The van der Waals surface area contributed by atoms with Crippen molar-refractivity contribution in [3.63, 3.8) is 0 Å². The number of carbonyl (C=O) groups excluding carboxylic acids is 1. The summed E-state index contributed by atoms with van der Waals surface area (Å²) in [6.45, 7) is 2.90. The maximum atomic E-state index is 11.5. The van der Waals surface area contributed by atoms with Crippen molar-refractivity contribution >= 4 is 5.91 Å². The Morgan fingerprint density at radius 2 is 2.29 bits per heavy atom. The van der Waals surface area contributed by atoms with Gasteiger partial charge in [-0.3, -0.25) is 4.79 Å². The van der Waals surface area contributed by atoms with Crippen LogP contribution in [0.5, 0.6) is 0 Å². The van der Waals surface area contributed by atoms with Gasteiger partial charge in [-0.1, -0.05) is 6.92 Å². The van der Waals surface area contributed by atoms with Crippen molar-refractivity contribution < 1.29 is 14.6 Å². The molecule has 14 heavy (non-hydrogen) atoms. The van der Waals surface area contributed by atoms with Gasteiger partial charge in [-0.2, -0.15) is 0 Å². The largest absolute Gasteiger partial charge is 0.386 e. The summed E-state index contributed by atoms with van der Waals surface area (Å²) in [7, 11) is 1.51. The van der Waals surface area contributed by atoms with Crippen LogP contribution in [0.2, 0.25) is 0 Å². The van der Waals surface area contributed by atoms with Gasteiger partial charge in [0.25, 0.3) is 0 Å². The third kappa shape index (κ3) is 2.23. The molecule has 0 spiro atoms. The number of nitrogens with two attached hydrogens (primary N) is 1. The highest BCUT2D eigenvalue weighted by Crippen LogP contribution is 2.24. The van der Waals surface area contributed by atoms with Gasteiger partial charge in [0.15, 0.2) is 0 Å². The fourth-order valence-corrected chi connectivity index (χ4v) is 1.53. The Labute approximate surface area is 83.8 Å². The van der Waals surface area contributed by atoms with Crippen LogP contribution in [0, 0.1) is 0 Å². The van der Waals surface area contributed by atoms with Gasteiger partial charge >= 0.3 is 0 Å². The maximum Gasteiger partial charge on any atom is 0.242 e. The maximum absolute atomic E-state index is 11.5. The molecule has 1 aliphatic heterocycles. The molecule has 0 aromatic carbocycles. The lowest BCUT2D eigenvalue weighted by Crippen LogP contribution is -2.66. The molecule has 1 heterocycles. The number of β-amino-alcohol motifs (C(OH)–C–C–N with tert-alkyl or cyclic N) is 1. The third-order valence-corrected chi connectivity index (χ3v) is 2.60. The summed E-state index contributed by atoms with van der Waals surface area (Å²) in [5, 5.41) is 9.68. The smallest absolute Gasteiger partial charge is 0.242 e. The van der Waals surface area contributed by atoms with Crippen molar-refractivity contribution in [2.75, 3.05) is 26.8 Å². The van der Waals surface area contributed by atoms with E-state index in [1.807, 2.05) is 6.92 Å². The third-order valence-electron chi connectivity index (χ3n) is 2.60. The molecule has 0 aliphatic carbocycles. The lowest BCUT2D eigenvalue weighted by atomic mass is 9.91. The minimum Gasteiger partial charge on any atom is -0.386 e. The Bertz CT molecular complexity index is 214. The van der Waals surface area contributed by atoms with E-state index in [-0.39, 0.29) is 12.5 Å². The number of aliphatic hydroxyl groups is 1. The summed E-state index contributed by atoms with van der Waals surface area (Å²) in [6, 6.07) is -0.610. The lowest BCUT2D eigenvalue weighted by Gasteiger charge is -2.46. The molecular weight excluding hydrogens is 184 g/mol. The van der Waals surface area contributed by atoms with E-state index in [9.17, 15) is 9.90 Å². The second-order valence-electron chi connectivity index (χ2n) is 3.83. The van der Waals surface area contributed by atoms with Gasteiger partial charge in [0.05, 0.1) is 25.3 Å². The molecular formula is C9H18N2O3. The average molecular weight is 202 g/mol. The van der Waals surface area contributed by atoms with Crippen LogP contribution in [0.15, 0.2) is 0 Å². The first-order valence-corrected chi connectivity index (χ1v) is 4.78. The quantitative estimate of drug-likeness (QED) is 0.609. The fourth-order valence-electron chi connectivity index (χ4n) is 1.53. The molecule has 1 aliphatic rings. The van der Waals surface area contributed by atoms with Gasteiger partial charge in [0.2, 0.25) is 5.91 Å². The van der Waals surface area contributed by atoms with Crippen molar-refractivity contribution in [2.45, 2.75) is 25.0 Å². The molecule has 1 unspecified atom stereocenters. The SMILES string of the molecule is CCC1(O)CN(C(=O)C(N)COC)C1. The molecule has 1 fully saturated rings. The number of hydrogen-bond donors (Lipinski definition) is 2. The molecule has 0 aromatic heterocycles. The average Bonchev–Trinajstić information content (AvgIpc) is 2.12. The van der Waals surface area contributed by atoms with Crippen LogP contribution in [0.4, 0.5) is 0 Å². The summed E-state index contributed by atoms with van der Waals surface area (Å²) in [5.74, 6) is -0.148. The van der Waals surface area contributed by atoms with E-state index < -0.39 is 11.6 Å². The fraction of sp³-hybridized carbons (Fsp3) is 0.889. The number of rotatable bonds is 4. The van der Waals surface area contributed by atoms with Crippen LogP contribution in [-0.4, -0.2) is 54.4 Å². The first kappa shape index (κ1) is 11.4. The summed E-state index contributed by atoms with van der Waals surface area (Å²) >= 11 is 0. The number of likely N-dealkylation sites (tertiary alicyclic amines) is 1. The zero-order valence-corrected chi connectivity index (χ0v) is 8.69. The van der Waals surface area contributed by atoms with Crippen molar-refractivity contribution in [1.29, 1.82) is 0 Å². The number of hydrogen-bond acceptors (Lipinski definition) is 4. The molecule has 0 bridgehead atoms. The van der Waals surface area contributed by atoms with Crippen LogP contribution in [0.3, 0.4) is 0 Å². The molecule has 0 saturated carbocycles. The first-order chi connectivity index (χ1) is 6.52. The van der Waals surface area contributed by atoms with Crippen LogP contribution in [0.25, 0.3) is 0 Å². The molecule has 1 saturated heterocycles. The Hall–Kier alpha value is -0.650. The van der Waals surface area contributed by atoms with Gasteiger partial charge in [0.1, 0.15) is 6.04 Å². The van der Waals surface area contributed by atoms with E-state index in [4.69, 9.17) is 10.5 Å². The van der Waals surface area contributed by atoms with Gasteiger partial charge in [0, 0.05) is 7.11 Å². The van der Waals surface area contributed by atoms with Crippen LogP contribution < -0.4 is 5.73 Å². The normalized spacial score (nSPS) is 21.6. The van der Waals surface area contributed by atoms with Gasteiger partial charge < -0.3 is 20.5 Å². The molecule has 0 aromatic rings. The lowest BCUT2D eigenvalue weighted by molar-refractivity contribution is -0.158. The highest BCUT2D eigenvalue weighted by atomic mass is 16.5. The number of nitrogens with zero attached hydrogens (tertiary/aromatic N) is 1. The van der Waals surface area contributed by atoms with Crippen molar-refractivity contribution in [3.8, 4) is 0 Å². The first-order valence-electron chi connectivity index (χ1n) is 4.78. The van der Waals surface area contributed by atoms with E-state index in [0.717, 1.165) is 0 Å². The van der Waals surface area contributed by atoms with E-state index in [1.165, 1.54) is 7.11 Å². The Morgan fingerprint density at radius 3 is 2.71 bits per heavy atom. The van der Waals surface area contributed by atoms with E-state index in [2.05, 4.69) is 0 Å². The summed E-state index contributed by atoms with van der Waals surface area (Å²) in [5.41, 5.74) is 4.88. The van der Waals surface area contributed by atoms with Gasteiger partial charge in [-0.25, -0.2) is 0 Å². The van der Waals surface area contributed by atoms with Gasteiger partial charge in [-0.15, -0.1) is 0 Å². The predicted molar refractivity (Wildman–Crippen MR) is 51.7 cm³/mol. The molecule has 1 amide bonds. The Kier molecular flexibility index (Phi) is 3.47. The van der Waals surface area contributed by atoms with Crippen molar-refractivity contribution in [2.24, 2.45) is 5.73 Å². The summed E-state index contributed by atoms with van der Waals surface area (Å²) in [6.07, 6.45) is 0.663. The zero-order chi connectivity index (χ0) is 10.8. The summed E-state index contributed by atoms with van der Waals surface area (Å²) in [4.78, 5) is 13.1. The minimum absolute atomic E-state index is 0.148. The van der Waals surface area contributed by atoms with Crippen LogP contribution in [0.1, 0.15) is 13.3 Å². The van der Waals surface area contributed by atoms with Crippen LogP contribution >= 0.6 is 0 Å². The highest BCUT2D eigenvalue weighted by molar-refractivity contribution is 5.82. The molecule has 1 atom stereocenters. The molecule has 0 radical (unpaired) electrons. The highest BCUT2D eigenvalue weighted by Gasteiger charge is 2.43. The topological polar surface area (TPSA) is 75.8 Å². The monoisotopic (exact) mass is 202 g/mol. The number of ether oxygens (including phenoxy) is 1. The van der Waals surface area contributed by atoms with Crippen molar-refractivity contribution in [1.82, 2.24) is 4.90 Å². The van der Waals surface area contributed by atoms with E-state index in [1.54, 1.807) is 4.90 Å². The number of amides is 1. The van der Waals surface area contributed by atoms with E-state index in [0.29, 0.717) is 19.5 Å². The minimum atomic E-state index is -0.692. The molecule has 5 heteroatoms. The standard InChI is InChI=1S/C9H18N2O3/c1-3-9(13)5-11(6-9)8(12)7(10)4-14-2/h7,13H,3-6,10H2,1-2H3. The van der Waals surface area contributed by atoms with Crippen molar-refractivity contribution in [3.05, 3.63) is 0 Å². The second kappa shape index (κ2) is 4.25. The second-order valence-corrected chi connectivity index (χ2v) is 3.83. The summed E-state index contributed by atoms with van der Waals surface area (Å²) < 4.78 is 4.79. The number of carbonyl (C=O) groups is 1. The van der Waals surface area contributed by atoms with Crippen LogP contribution in [-0.2, 0) is 9.53 Å². The van der Waals surface area contributed by atoms with E-state index >= 15 is 0 Å². The predicted octanol–water partition coefficient (Wildman–Crippen LogP) is -1.06. The zero-order valence-electron chi connectivity index (χ0n) is 8.69. The Morgan fingerprint density at radius 1 is 1.71 bits per heavy atom. The molecule has 82 valence electrons. The molecule has 1 rings (SSSR count). The molecule has 5 nitrogen and oxygen atoms in total.